The van der Waals surface area contributed by atoms with Gasteiger partial charge in [0.1, 0.15) is 11.8 Å². The summed E-state index contributed by atoms with van der Waals surface area (Å²) in [6.45, 7) is 11.4. The molecular weight excluding hydrogens is 447 g/mol. The van der Waals surface area contributed by atoms with E-state index in [-0.39, 0.29) is 25.0 Å². The van der Waals surface area contributed by atoms with Crippen LogP contribution < -0.4 is 10.1 Å². The summed E-state index contributed by atoms with van der Waals surface area (Å²) in [5.74, 6) is 0.384. The summed E-state index contributed by atoms with van der Waals surface area (Å²) >= 11 is 12.7. The minimum absolute atomic E-state index is 0.0890. The van der Waals surface area contributed by atoms with Gasteiger partial charge in [0.15, 0.2) is 6.61 Å². The van der Waals surface area contributed by atoms with E-state index in [2.05, 4.69) is 19.2 Å². The molecule has 0 unspecified atom stereocenters. The fourth-order valence-corrected chi connectivity index (χ4v) is 3.60. The van der Waals surface area contributed by atoms with Gasteiger partial charge in [0.25, 0.3) is 5.91 Å². The minimum atomic E-state index is -0.749. The molecule has 0 aliphatic carbocycles. The van der Waals surface area contributed by atoms with E-state index in [0.717, 1.165) is 0 Å². The number of rotatable bonds is 8. The number of benzene rings is 2. The highest BCUT2D eigenvalue weighted by Crippen LogP contribution is 2.27. The van der Waals surface area contributed by atoms with Crippen molar-refractivity contribution in [2.24, 2.45) is 0 Å². The molecule has 0 aliphatic heterocycles. The van der Waals surface area contributed by atoms with Crippen molar-refractivity contribution in [2.45, 2.75) is 65.6 Å². The lowest BCUT2D eigenvalue weighted by Crippen LogP contribution is -2.53. The Balaban J connectivity index is 2.22. The Kier molecular flexibility index (Phi) is 8.99. The SMILES string of the molecule is CC(C)c1ccc(OCC(=O)N(Cc2c(Cl)cccc2Cl)[C@H](C)C(=O)NC(C)(C)C)cc1. The summed E-state index contributed by atoms with van der Waals surface area (Å²) in [4.78, 5) is 27.4. The highest BCUT2D eigenvalue weighted by atomic mass is 35.5. The van der Waals surface area contributed by atoms with Crippen molar-refractivity contribution < 1.29 is 14.3 Å². The number of hydrogen-bond acceptors (Lipinski definition) is 3. The molecule has 2 amide bonds. The molecule has 2 aromatic carbocycles. The van der Waals surface area contributed by atoms with Gasteiger partial charge < -0.3 is 15.0 Å². The van der Waals surface area contributed by atoms with E-state index in [1.54, 1.807) is 25.1 Å². The van der Waals surface area contributed by atoms with Crippen LogP contribution >= 0.6 is 23.2 Å². The van der Waals surface area contributed by atoms with Crippen LogP contribution in [0, 0.1) is 0 Å². The quantitative estimate of drug-likeness (QED) is 0.519. The molecule has 1 N–H and O–H groups in total. The van der Waals surface area contributed by atoms with Crippen LogP contribution in [0.15, 0.2) is 42.5 Å². The molecule has 0 radical (unpaired) electrons. The van der Waals surface area contributed by atoms with Gasteiger partial charge in [-0.1, -0.05) is 55.2 Å². The van der Waals surface area contributed by atoms with E-state index in [1.165, 1.54) is 10.5 Å². The van der Waals surface area contributed by atoms with Crippen molar-refractivity contribution in [3.8, 4) is 5.75 Å². The molecule has 0 spiro atoms. The average Bonchev–Trinajstić information content (AvgIpc) is 2.70. The number of ether oxygens (including phenoxy) is 1. The maximum Gasteiger partial charge on any atom is 0.261 e. The van der Waals surface area contributed by atoms with Crippen molar-refractivity contribution in [3.63, 3.8) is 0 Å². The smallest absolute Gasteiger partial charge is 0.261 e. The second-order valence-corrected chi connectivity index (χ2v) is 9.96. The van der Waals surface area contributed by atoms with Gasteiger partial charge in [-0.15, -0.1) is 0 Å². The van der Waals surface area contributed by atoms with Crippen LogP contribution in [0.3, 0.4) is 0 Å². The third kappa shape index (κ3) is 7.42. The summed E-state index contributed by atoms with van der Waals surface area (Å²) in [5.41, 5.74) is 1.34. The molecule has 7 heteroatoms. The van der Waals surface area contributed by atoms with E-state index in [9.17, 15) is 9.59 Å². The molecular formula is C25H32Cl2N2O3. The highest BCUT2D eigenvalue weighted by molar-refractivity contribution is 6.36. The van der Waals surface area contributed by atoms with Gasteiger partial charge in [-0.25, -0.2) is 0 Å². The normalized spacial score (nSPS) is 12.4. The van der Waals surface area contributed by atoms with Crippen molar-refractivity contribution in [2.75, 3.05) is 6.61 Å². The van der Waals surface area contributed by atoms with Gasteiger partial charge in [0.2, 0.25) is 5.91 Å². The molecule has 0 aromatic heterocycles. The molecule has 0 aliphatic rings. The molecule has 0 fully saturated rings. The van der Waals surface area contributed by atoms with E-state index in [4.69, 9.17) is 27.9 Å². The molecule has 32 heavy (non-hydrogen) atoms. The van der Waals surface area contributed by atoms with Crippen molar-refractivity contribution in [1.82, 2.24) is 10.2 Å². The van der Waals surface area contributed by atoms with Crippen LogP contribution in [0.2, 0.25) is 10.0 Å². The molecule has 174 valence electrons. The van der Waals surface area contributed by atoms with Gasteiger partial charge in [-0.2, -0.15) is 0 Å². The summed E-state index contributed by atoms with van der Waals surface area (Å²) in [7, 11) is 0. The van der Waals surface area contributed by atoms with E-state index < -0.39 is 11.6 Å². The molecule has 0 heterocycles. The van der Waals surface area contributed by atoms with Crippen molar-refractivity contribution in [1.29, 1.82) is 0 Å². The molecule has 5 nitrogen and oxygen atoms in total. The first-order chi connectivity index (χ1) is 14.9. The van der Waals surface area contributed by atoms with Crippen LogP contribution in [0.5, 0.6) is 5.75 Å². The predicted octanol–water partition coefficient (Wildman–Crippen LogP) is 5.83. The summed E-state index contributed by atoms with van der Waals surface area (Å²) in [6, 6.07) is 12.0. The number of nitrogens with zero attached hydrogens (tertiary/aromatic N) is 1. The van der Waals surface area contributed by atoms with E-state index in [0.29, 0.717) is 27.3 Å². The second kappa shape index (κ2) is 11.1. The second-order valence-electron chi connectivity index (χ2n) is 9.15. The average molecular weight is 479 g/mol. The summed E-state index contributed by atoms with van der Waals surface area (Å²) < 4.78 is 5.72. The van der Waals surface area contributed by atoms with Crippen molar-refractivity contribution >= 4 is 35.0 Å². The first kappa shape index (κ1) is 26.0. The lowest BCUT2D eigenvalue weighted by Gasteiger charge is -2.31. The third-order valence-corrected chi connectivity index (χ3v) is 5.67. The van der Waals surface area contributed by atoms with Crippen LogP contribution in [0.25, 0.3) is 0 Å². The molecule has 0 saturated heterocycles. The Bertz CT molecular complexity index is 917. The predicted molar refractivity (Wildman–Crippen MR) is 130 cm³/mol. The maximum atomic E-state index is 13.2. The number of amides is 2. The van der Waals surface area contributed by atoms with Gasteiger partial charge in [-0.05, 0) is 63.4 Å². The Labute approximate surface area is 201 Å². The molecule has 0 saturated carbocycles. The zero-order valence-electron chi connectivity index (χ0n) is 19.5. The zero-order valence-corrected chi connectivity index (χ0v) is 21.1. The summed E-state index contributed by atoms with van der Waals surface area (Å²) in [6.07, 6.45) is 0. The minimum Gasteiger partial charge on any atom is -0.484 e. The third-order valence-electron chi connectivity index (χ3n) is 4.96. The van der Waals surface area contributed by atoms with Gasteiger partial charge >= 0.3 is 0 Å². The van der Waals surface area contributed by atoms with Crippen LogP contribution in [0.1, 0.15) is 58.6 Å². The first-order valence-corrected chi connectivity index (χ1v) is 11.4. The molecule has 1 atom stereocenters. The van der Waals surface area contributed by atoms with Crippen LogP contribution in [0.4, 0.5) is 0 Å². The Morgan fingerprint density at radius 1 is 1.00 bits per heavy atom. The van der Waals surface area contributed by atoms with E-state index >= 15 is 0 Å². The lowest BCUT2D eigenvalue weighted by atomic mass is 10.0. The number of carbonyl (C=O) groups is 2. The topological polar surface area (TPSA) is 58.6 Å². The lowest BCUT2D eigenvalue weighted by molar-refractivity contribution is -0.142. The number of hydrogen-bond donors (Lipinski definition) is 1. The largest absolute Gasteiger partial charge is 0.484 e. The first-order valence-electron chi connectivity index (χ1n) is 10.7. The monoisotopic (exact) mass is 478 g/mol. The van der Waals surface area contributed by atoms with Crippen LogP contribution in [-0.2, 0) is 16.1 Å². The van der Waals surface area contributed by atoms with Crippen LogP contribution in [-0.4, -0.2) is 34.9 Å². The highest BCUT2D eigenvalue weighted by Gasteiger charge is 2.29. The number of halogens is 2. The summed E-state index contributed by atoms with van der Waals surface area (Å²) in [5, 5.41) is 3.79. The van der Waals surface area contributed by atoms with Gasteiger partial charge in [-0.3, -0.25) is 9.59 Å². The molecule has 0 bridgehead atoms. The Morgan fingerprint density at radius 2 is 1.56 bits per heavy atom. The van der Waals surface area contributed by atoms with Gasteiger partial charge in [0, 0.05) is 27.7 Å². The zero-order chi connectivity index (χ0) is 24.1. The fraction of sp³-hybridized carbons (Fsp3) is 0.440. The fourth-order valence-electron chi connectivity index (χ4n) is 3.09. The standard InChI is InChI=1S/C25H32Cl2N2O3/c1-16(2)18-10-12-19(13-11-18)32-15-23(30)29(17(3)24(31)28-25(4,5)6)14-20-21(26)8-7-9-22(20)27/h7-13,16-17H,14-15H2,1-6H3,(H,28,31)/t17-/m1/s1. The van der Waals surface area contributed by atoms with Gasteiger partial charge in [0.05, 0.1) is 0 Å². The molecule has 2 aromatic rings. The number of carbonyl (C=O) groups excluding carboxylic acids is 2. The van der Waals surface area contributed by atoms with Crippen molar-refractivity contribution in [3.05, 3.63) is 63.6 Å². The number of nitrogens with one attached hydrogen (secondary N) is 1. The molecule has 2 rings (SSSR count). The maximum absolute atomic E-state index is 13.2. The van der Waals surface area contributed by atoms with E-state index in [1.807, 2.05) is 45.0 Å². The Morgan fingerprint density at radius 3 is 2.06 bits per heavy atom. The Hall–Kier alpha value is -2.24.